The van der Waals surface area contributed by atoms with Gasteiger partial charge in [0.1, 0.15) is 12.4 Å². The summed E-state index contributed by atoms with van der Waals surface area (Å²) in [4.78, 5) is 29.0. The minimum Gasteiger partial charge on any atom is -0.489 e. The molecule has 0 radical (unpaired) electrons. The third kappa shape index (κ3) is 3.82. The maximum Gasteiger partial charge on any atom is 0.270 e. The van der Waals surface area contributed by atoms with Crippen LogP contribution in [0.4, 0.5) is 11.4 Å². The van der Waals surface area contributed by atoms with Crippen LogP contribution in [0.1, 0.15) is 51.0 Å². The fourth-order valence-corrected chi connectivity index (χ4v) is 4.88. The predicted molar refractivity (Wildman–Crippen MR) is 127 cm³/mol. The summed E-state index contributed by atoms with van der Waals surface area (Å²) in [5.41, 5.74) is 6.07. The van der Waals surface area contributed by atoms with E-state index in [9.17, 15) is 14.9 Å². The van der Waals surface area contributed by atoms with Gasteiger partial charge in [0.15, 0.2) is 5.78 Å². The van der Waals surface area contributed by atoms with Gasteiger partial charge in [-0.05, 0) is 53.6 Å². The third-order valence-corrected chi connectivity index (χ3v) is 6.57. The zero-order valence-corrected chi connectivity index (χ0v) is 18.6. The second-order valence-electron chi connectivity index (χ2n) is 8.73. The molecule has 0 bridgehead atoms. The van der Waals surface area contributed by atoms with Crippen molar-refractivity contribution in [3.63, 3.8) is 0 Å². The SMILES string of the molecule is CCc1cc(COc2cc3c(cc2C)C(=O)C2c4ccccc4C[C@H]2C=N3)cc([N+](=O)[O-])c1. The molecule has 0 saturated heterocycles. The first kappa shape index (κ1) is 21.1. The molecule has 2 atom stereocenters. The van der Waals surface area contributed by atoms with Crippen molar-refractivity contribution in [2.45, 2.75) is 39.2 Å². The van der Waals surface area contributed by atoms with E-state index in [1.807, 2.05) is 56.5 Å². The molecular weight excluding hydrogens is 416 g/mol. The van der Waals surface area contributed by atoms with Crippen molar-refractivity contribution in [2.75, 3.05) is 0 Å². The van der Waals surface area contributed by atoms with Crippen molar-refractivity contribution < 1.29 is 14.5 Å². The molecule has 0 fully saturated rings. The van der Waals surface area contributed by atoms with Crippen molar-refractivity contribution in [1.29, 1.82) is 0 Å². The number of nitrogens with zero attached hydrogens (tertiary/aromatic N) is 2. The predicted octanol–water partition coefficient (Wildman–Crippen LogP) is 5.90. The van der Waals surface area contributed by atoms with Gasteiger partial charge in [0, 0.05) is 35.9 Å². The number of nitro benzene ring substituents is 1. The largest absolute Gasteiger partial charge is 0.489 e. The molecule has 33 heavy (non-hydrogen) atoms. The number of aryl methyl sites for hydroxylation is 2. The highest BCUT2D eigenvalue weighted by Gasteiger charge is 2.39. The fraction of sp³-hybridized carbons (Fsp3) is 0.259. The van der Waals surface area contributed by atoms with E-state index in [-0.39, 0.29) is 34.8 Å². The number of hydrogen-bond donors (Lipinski definition) is 0. The fourth-order valence-electron chi connectivity index (χ4n) is 4.88. The number of carbonyl (C=O) groups excluding carboxylic acids is 1. The number of ketones is 1. The second-order valence-corrected chi connectivity index (χ2v) is 8.73. The molecule has 1 aliphatic carbocycles. The number of ether oxygens (including phenoxy) is 1. The van der Waals surface area contributed by atoms with E-state index < -0.39 is 0 Å². The number of nitro groups is 1. The van der Waals surface area contributed by atoms with Gasteiger partial charge in [-0.25, -0.2) is 0 Å². The normalized spacial score (nSPS) is 18.3. The molecule has 166 valence electrons. The topological polar surface area (TPSA) is 81.8 Å². The first-order valence-corrected chi connectivity index (χ1v) is 11.2. The minimum absolute atomic E-state index is 0.0595. The highest BCUT2D eigenvalue weighted by atomic mass is 16.6. The van der Waals surface area contributed by atoms with Gasteiger partial charge >= 0.3 is 0 Å². The summed E-state index contributed by atoms with van der Waals surface area (Å²) in [5.74, 6) is 0.577. The maximum atomic E-state index is 13.5. The average Bonchev–Trinajstić information content (AvgIpc) is 3.14. The van der Waals surface area contributed by atoms with E-state index in [0.717, 1.165) is 28.7 Å². The Morgan fingerprint density at radius 1 is 1.12 bits per heavy atom. The molecule has 6 heteroatoms. The molecule has 1 heterocycles. The summed E-state index contributed by atoms with van der Waals surface area (Å²) in [6.07, 6.45) is 3.43. The van der Waals surface area contributed by atoms with Crippen LogP contribution in [0, 0.1) is 23.0 Å². The van der Waals surface area contributed by atoms with Crippen molar-refractivity contribution >= 4 is 23.4 Å². The molecule has 6 nitrogen and oxygen atoms in total. The summed E-state index contributed by atoms with van der Waals surface area (Å²) in [6.45, 7) is 4.07. The zero-order valence-electron chi connectivity index (χ0n) is 18.6. The lowest BCUT2D eigenvalue weighted by atomic mass is 9.86. The van der Waals surface area contributed by atoms with Gasteiger partial charge < -0.3 is 4.74 Å². The van der Waals surface area contributed by atoms with Crippen LogP contribution in [0.5, 0.6) is 5.75 Å². The Balaban J connectivity index is 1.43. The van der Waals surface area contributed by atoms with Crippen molar-refractivity contribution in [2.24, 2.45) is 10.9 Å². The number of benzene rings is 3. The summed E-state index contributed by atoms with van der Waals surface area (Å²) in [5, 5.41) is 11.2. The Hall–Kier alpha value is -3.80. The summed E-state index contributed by atoms with van der Waals surface area (Å²) < 4.78 is 6.04. The highest BCUT2D eigenvalue weighted by Crippen LogP contribution is 2.44. The Kier molecular flexibility index (Phi) is 5.29. The van der Waals surface area contributed by atoms with Crippen LogP contribution in [0.25, 0.3) is 0 Å². The average molecular weight is 440 g/mol. The van der Waals surface area contributed by atoms with Gasteiger partial charge in [0.2, 0.25) is 0 Å². The highest BCUT2D eigenvalue weighted by molar-refractivity contribution is 6.09. The van der Waals surface area contributed by atoms with Crippen LogP contribution >= 0.6 is 0 Å². The molecule has 2 aliphatic rings. The van der Waals surface area contributed by atoms with Gasteiger partial charge in [-0.2, -0.15) is 0 Å². The van der Waals surface area contributed by atoms with Gasteiger partial charge in [0.25, 0.3) is 5.69 Å². The molecule has 0 amide bonds. The van der Waals surface area contributed by atoms with Gasteiger partial charge in [0.05, 0.1) is 16.5 Å². The molecule has 0 saturated carbocycles. The van der Waals surface area contributed by atoms with Crippen LogP contribution in [-0.2, 0) is 19.4 Å². The number of Topliss-reactive ketones (excluding diaryl/α,β-unsaturated/α-hetero) is 1. The summed E-state index contributed by atoms with van der Waals surface area (Å²) in [7, 11) is 0. The van der Waals surface area contributed by atoms with E-state index in [1.165, 1.54) is 11.6 Å². The number of non-ortho nitro benzene ring substituents is 1. The molecule has 5 rings (SSSR count). The lowest BCUT2D eigenvalue weighted by molar-refractivity contribution is -0.385. The maximum absolute atomic E-state index is 13.5. The molecule has 1 aliphatic heterocycles. The van der Waals surface area contributed by atoms with Crippen molar-refractivity contribution in [1.82, 2.24) is 0 Å². The van der Waals surface area contributed by atoms with Crippen LogP contribution in [0.15, 0.2) is 59.6 Å². The Morgan fingerprint density at radius 3 is 2.70 bits per heavy atom. The Labute approximate surface area is 192 Å². The summed E-state index contributed by atoms with van der Waals surface area (Å²) >= 11 is 0. The minimum atomic E-state index is -0.383. The van der Waals surface area contributed by atoms with Gasteiger partial charge in [-0.3, -0.25) is 19.9 Å². The van der Waals surface area contributed by atoms with E-state index in [0.29, 0.717) is 23.4 Å². The Morgan fingerprint density at radius 2 is 1.91 bits per heavy atom. The van der Waals surface area contributed by atoms with Crippen LogP contribution in [0.3, 0.4) is 0 Å². The molecule has 3 aromatic carbocycles. The Bertz CT molecular complexity index is 1310. The van der Waals surface area contributed by atoms with Gasteiger partial charge in [-0.15, -0.1) is 0 Å². The lowest BCUT2D eigenvalue weighted by Gasteiger charge is -2.16. The molecule has 1 unspecified atom stereocenters. The van der Waals surface area contributed by atoms with E-state index in [2.05, 4.69) is 11.1 Å². The lowest BCUT2D eigenvalue weighted by Crippen LogP contribution is -2.18. The smallest absolute Gasteiger partial charge is 0.270 e. The molecular formula is C27H24N2O4. The number of fused-ring (bicyclic) bond motifs is 4. The van der Waals surface area contributed by atoms with E-state index in [4.69, 9.17) is 4.74 Å². The number of rotatable bonds is 5. The molecule has 0 N–H and O–H groups in total. The summed E-state index contributed by atoms with van der Waals surface area (Å²) in [6, 6.07) is 16.9. The molecule has 0 aromatic heterocycles. The monoisotopic (exact) mass is 440 g/mol. The van der Waals surface area contributed by atoms with Crippen molar-refractivity contribution in [3.8, 4) is 5.75 Å². The number of carbonyl (C=O) groups is 1. The zero-order chi connectivity index (χ0) is 23.1. The van der Waals surface area contributed by atoms with Crippen LogP contribution in [-0.4, -0.2) is 16.9 Å². The first-order valence-electron chi connectivity index (χ1n) is 11.2. The molecule has 0 spiro atoms. The van der Waals surface area contributed by atoms with Crippen molar-refractivity contribution in [3.05, 3.63) is 98.1 Å². The van der Waals surface area contributed by atoms with Gasteiger partial charge in [-0.1, -0.05) is 37.3 Å². The van der Waals surface area contributed by atoms with E-state index in [1.54, 1.807) is 6.07 Å². The number of hydrogen-bond acceptors (Lipinski definition) is 5. The molecule has 3 aromatic rings. The van der Waals surface area contributed by atoms with Crippen LogP contribution < -0.4 is 4.74 Å². The van der Waals surface area contributed by atoms with E-state index >= 15 is 0 Å². The standard InChI is InChI=1S/C27H24N2O4/c1-3-17-9-18(11-21(10-17)29(31)32)15-33-25-13-24-23(8-16(25)2)27(30)26-20(14-28-24)12-19-6-4-5-7-22(19)26/h4-11,13-14,20,26H,3,12,15H2,1-2H3/t20-,26?/m0/s1. The third-order valence-electron chi connectivity index (χ3n) is 6.57. The quantitative estimate of drug-likeness (QED) is 0.365. The first-order chi connectivity index (χ1) is 15.9. The second kappa shape index (κ2) is 8.28. The number of aliphatic imine (C=N–C) groups is 1. The van der Waals surface area contributed by atoms with Crippen LogP contribution in [0.2, 0.25) is 0 Å².